The van der Waals surface area contributed by atoms with Gasteiger partial charge in [0.25, 0.3) is 0 Å². The Bertz CT molecular complexity index is 1170. The third kappa shape index (κ3) is 4.59. The Hall–Kier alpha value is -2.64. The minimum absolute atomic E-state index is 0.0463. The van der Waals surface area contributed by atoms with Crippen molar-refractivity contribution in [2.45, 2.75) is 85.1 Å². The Balaban J connectivity index is 2.13. The second-order valence-electron chi connectivity index (χ2n) is 11.0. The van der Waals surface area contributed by atoms with Crippen molar-refractivity contribution in [3.05, 3.63) is 113 Å². The highest BCUT2D eigenvalue weighted by atomic mass is 28.3. The van der Waals surface area contributed by atoms with Crippen molar-refractivity contribution in [2.75, 3.05) is 0 Å². The summed E-state index contributed by atoms with van der Waals surface area (Å²) >= 11 is 0. The zero-order chi connectivity index (χ0) is 25.8. The molecule has 0 saturated carbocycles. The first kappa shape index (κ1) is 26.4. The zero-order valence-electron chi connectivity index (χ0n) is 23.3. The second kappa shape index (κ2) is 11.2. The van der Waals surface area contributed by atoms with Crippen LogP contribution in [0.15, 0.2) is 102 Å². The normalized spacial score (nSPS) is 18.0. The highest BCUT2D eigenvalue weighted by Crippen LogP contribution is 2.52. The van der Waals surface area contributed by atoms with Gasteiger partial charge in [0.2, 0.25) is 0 Å². The van der Waals surface area contributed by atoms with Crippen LogP contribution in [0.25, 0.3) is 0 Å². The molecule has 188 valence electrons. The van der Waals surface area contributed by atoms with Crippen LogP contribution in [-0.4, -0.2) is 8.07 Å². The third-order valence-corrected chi connectivity index (χ3v) is 14.4. The molecular weight excluding hydrogens is 448 g/mol. The van der Waals surface area contributed by atoms with Crippen LogP contribution in [0, 0.1) is 0 Å². The summed E-state index contributed by atoms with van der Waals surface area (Å²) in [7, 11) is -2.54. The molecule has 0 aromatic heterocycles. The minimum atomic E-state index is -2.54. The van der Waals surface area contributed by atoms with Gasteiger partial charge in [0, 0.05) is 5.04 Å². The molecule has 3 aromatic rings. The lowest BCUT2D eigenvalue weighted by Crippen LogP contribution is -2.73. The molecule has 3 aromatic carbocycles. The molecule has 1 unspecified atom stereocenters. The summed E-state index contributed by atoms with van der Waals surface area (Å²) in [5.74, 6) is 0. The highest BCUT2D eigenvalue weighted by Gasteiger charge is 2.56. The van der Waals surface area contributed by atoms with Gasteiger partial charge in [-0.2, -0.15) is 0 Å². The molecule has 0 amide bonds. The van der Waals surface area contributed by atoms with Gasteiger partial charge in [-0.3, -0.25) is 0 Å². The summed E-state index contributed by atoms with van der Waals surface area (Å²) < 4.78 is 0. The van der Waals surface area contributed by atoms with Crippen LogP contribution in [-0.2, 0) is 12.8 Å². The first-order chi connectivity index (χ1) is 17.4. The van der Waals surface area contributed by atoms with Gasteiger partial charge < -0.3 is 0 Å². The Morgan fingerprint density at radius 3 is 1.50 bits per heavy atom. The Labute approximate surface area is 221 Å². The second-order valence-corrected chi connectivity index (χ2v) is 15.3. The summed E-state index contributed by atoms with van der Waals surface area (Å²) in [5.41, 5.74) is 7.48. The summed E-state index contributed by atoms with van der Waals surface area (Å²) in [6, 6.07) is 30.7. The van der Waals surface area contributed by atoms with Crippen molar-refractivity contribution < 1.29 is 0 Å². The van der Waals surface area contributed by atoms with Crippen LogP contribution in [0.2, 0.25) is 5.04 Å². The van der Waals surface area contributed by atoms with Crippen molar-refractivity contribution in [3.63, 3.8) is 0 Å². The fourth-order valence-electron chi connectivity index (χ4n) is 6.53. The lowest BCUT2D eigenvalue weighted by molar-refractivity contribution is 0.781. The van der Waals surface area contributed by atoms with E-state index in [0.29, 0.717) is 0 Å². The van der Waals surface area contributed by atoms with Crippen LogP contribution < -0.4 is 15.6 Å². The van der Waals surface area contributed by atoms with E-state index in [0.717, 1.165) is 12.8 Å². The van der Waals surface area contributed by atoms with Crippen LogP contribution in [0.4, 0.5) is 0 Å². The maximum Gasteiger partial charge on any atom is 0.161 e. The number of hydrogen-bond donors (Lipinski definition) is 0. The van der Waals surface area contributed by atoms with Crippen LogP contribution >= 0.6 is 0 Å². The molecule has 1 aliphatic rings. The molecule has 0 N–H and O–H groups in total. The molecule has 0 bridgehead atoms. The molecule has 36 heavy (non-hydrogen) atoms. The largest absolute Gasteiger partial charge is 0.161 e. The first-order valence-corrected chi connectivity index (χ1v) is 16.0. The summed E-state index contributed by atoms with van der Waals surface area (Å²) in [4.78, 5) is 0. The molecule has 0 nitrogen and oxygen atoms in total. The number of allylic oxidation sites excluding steroid dienone is 4. The van der Waals surface area contributed by atoms with E-state index < -0.39 is 8.07 Å². The van der Waals surface area contributed by atoms with Gasteiger partial charge in [-0.25, -0.2) is 0 Å². The quantitative estimate of drug-likeness (QED) is 0.199. The van der Waals surface area contributed by atoms with E-state index in [1.807, 2.05) is 0 Å². The molecule has 0 saturated heterocycles. The SMILES string of the molecule is CCCCc1cc(CCCC)cc([Si](c2ccccc2)(c2ccccc2)C2(C)C=C(C)C(C)=C2C)c1. The van der Waals surface area contributed by atoms with Crippen molar-refractivity contribution in [1.29, 1.82) is 0 Å². The monoisotopic (exact) mass is 492 g/mol. The molecule has 0 aliphatic heterocycles. The summed E-state index contributed by atoms with van der Waals surface area (Å²) in [6.07, 6.45) is 9.90. The molecule has 1 aliphatic carbocycles. The van der Waals surface area contributed by atoms with Gasteiger partial charge in [-0.1, -0.05) is 130 Å². The average Bonchev–Trinajstić information content (AvgIpc) is 3.10. The lowest BCUT2D eigenvalue weighted by atomic mass is 10.0. The van der Waals surface area contributed by atoms with Crippen molar-refractivity contribution in [2.24, 2.45) is 0 Å². The van der Waals surface area contributed by atoms with Crippen LogP contribution in [0.5, 0.6) is 0 Å². The maximum atomic E-state index is 2.62. The molecule has 0 heterocycles. The Morgan fingerprint density at radius 1 is 0.639 bits per heavy atom. The van der Waals surface area contributed by atoms with Gasteiger partial charge in [0.05, 0.1) is 0 Å². The maximum absolute atomic E-state index is 2.62. The topological polar surface area (TPSA) is 0 Å². The molecule has 0 radical (unpaired) electrons. The predicted molar refractivity (Wildman–Crippen MR) is 162 cm³/mol. The van der Waals surface area contributed by atoms with Gasteiger partial charge in [0.1, 0.15) is 0 Å². The van der Waals surface area contributed by atoms with E-state index in [2.05, 4.69) is 126 Å². The zero-order valence-corrected chi connectivity index (χ0v) is 24.3. The molecule has 4 rings (SSSR count). The molecule has 1 atom stereocenters. The van der Waals surface area contributed by atoms with E-state index in [9.17, 15) is 0 Å². The number of benzene rings is 3. The predicted octanol–water partition coefficient (Wildman–Crippen LogP) is 7.90. The van der Waals surface area contributed by atoms with Crippen LogP contribution in [0.3, 0.4) is 0 Å². The molecule has 0 spiro atoms. The van der Waals surface area contributed by atoms with Gasteiger partial charge >= 0.3 is 0 Å². The summed E-state index contributed by atoms with van der Waals surface area (Å²) in [6.45, 7) is 14.2. The van der Waals surface area contributed by atoms with E-state index in [4.69, 9.17) is 0 Å². The number of aryl methyl sites for hydroxylation is 2. The van der Waals surface area contributed by atoms with Crippen molar-refractivity contribution in [3.8, 4) is 0 Å². The van der Waals surface area contributed by atoms with E-state index >= 15 is 0 Å². The fraction of sp³-hybridized carbons (Fsp3) is 0.371. The third-order valence-electron chi connectivity index (χ3n) is 8.75. The van der Waals surface area contributed by atoms with Gasteiger partial charge in [-0.15, -0.1) is 0 Å². The molecule has 1 heteroatoms. The van der Waals surface area contributed by atoms with E-state index in [-0.39, 0.29) is 5.04 Å². The molecule has 0 fully saturated rings. The van der Waals surface area contributed by atoms with Gasteiger partial charge in [0.15, 0.2) is 8.07 Å². The fourth-order valence-corrected chi connectivity index (χ4v) is 12.7. The standard InChI is InChI=1S/C35H44Si/c1-7-9-17-30-23-31(18-10-8-2)25-34(24-30)36(32-19-13-11-14-20-32,33-21-15-12-16-22-33)35(6)26-27(3)28(4)29(35)5/h11-16,19-26H,7-10,17-18H2,1-6H3. The Kier molecular flexibility index (Phi) is 8.20. The Morgan fingerprint density at radius 2 is 1.11 bits per heavy atom. The number of hydrogen-bond acceptors (Lipinski definition) is 0. The van der Waals surface area contributed by atoms with Gasteiger partial charge in [-0.05, 0) is 78.7 Å². The van der Waals surface area contributed by atoms with E-state index in [1.54, 1.807) is 5.19 Å². The van der Waals surface area contributed by atoms with Crippen molar-refractivity contribution in [1.82, 2.24) is 0 Å². The lowest BCUT2D eigenvalue weighted by Gasteiger charge is -2.47. The number of unbranched alkanes of at least 4 members (excludes halogenated alkanes) is 2. The van der Waals surface area contributed by atoms with Crippen molar-refractivity contribution >= 4 is 23.6 Å². The molecular formula is C35H44Si. The number of rotatable bonds is 10. The van der Waals surface area contributed by atoms with E-state index in [1.165, 1.54) is 63.9 Å². The summed E-state index contributed by atoms with van der Waals surface area (Å²) in [5, 5.41) is 4.53. The highest BCUT2D eigenvalue weighted by molar-refractivity contribution is 7.14. The minimum Gasteiger partial charge on any atom is -0.0730 e. The smallest absolute Gasteiger partial charge is 0.0730 e. The van der Waals surface area contributed by atoms with Crippen LogP contribution in [0.1, 0.15) is 78.4 Å². The first-order valence-electron chi connectivity index (χ1n) is 14.0. The average molecular weight is 493 g/mol.